The van der Waals surface area contributed by atoms with E-state index in [1.807, 2.05) is 13.0 Å². The fourth-order valence-corrected chi connectivity index (χ4v) is 12.1. The zero-order chi connectivity index (χ0) is 67.5. The van der Waals surface area contributed by atoms with E-state index in [4.69, 9.17) is 35.3 Å². The van der Waals surface area contributed by atoms with Gasteiger partial charge in [0.15, 0.2) is 5.72 Å². The highest BCUT2D eigenvalue weighted by Crippen LogP contribution is 2.47. The molecule has 3 unspecified atom stereocenters. The minimum absolute atomic E-state index is 0.0426. The number of esters is 1. The monoisotopic (exact) mass is 1340 g/mol. The first-order chi connectivity index (χ1) is 43.3. The Hall–Kier alpha value is -8.43. The van der Waals surface area contributed by atoms with Crippen LogP contribution < -0.4 is 36.3 Å². The van der Waals surface area contributed by atoms with E-state index in [0.29, 0.717) is 41.8 Å². The number of imide groups is 1. The number of hydrogen-bond acceptors (Lipinski definition) is 20. The largest absolute Gasteiger partial charge is 0.495 e. The Kier molecular flexibility index (Phi) is 23.4. The summed E-state index contributed by atoms with van der Waals surface area (Å²) in [5.74, 6) is -6.83. The fraction of sp³-hybridized carbons (Fsp3) is 0.433. The lowest BCUT2D eigenvalue weighted by Crippen LogP contribution is -2.62. The van der Waals surface area contributed by atoms with Crippen LogP contribution in [0.4, 0.5) is 16.2 Å². The van der Waals surface area contributed by atoms with Crippen LogP contribution in [0.25, 0.3) is 0 Å². The van der Waals surface area contributed by atoms with Crippen LogP contribution in [-0.4, -0.2) is 177 Å². The van der Waals surface area contributed by atoms with Gasteiger partial charge in [0.25, 0.3) is 38.0 Å². The molecule has 0 saturated carbocycles. The molecule has 92 heavy (non-hydrogen) atoms. The Labute approximate surface area is 534 Å². The van der Waals surface area contributed by atoms with Crippen LogP contribution >= 0.6 is 11.6 Å². The fourth-order valence-electron chi connectivity index (χ4n) is 10.4. The number of anilines is 2. The molecule has 0 aromatic heterocycles. The number of unbranched alkanes of at least 4 members (excludes halogenated alkanes) is 2. The van der Waals surface area contributed by atoms with Crippen LogP contribution in [0.5, 0.6) is 5.75 Å². The zero-order valence-electron chi connectivity index (χ0n) is 50.9. The zero-order valence-corrected chi connectivity index (χ0v) is 53.3. The van der Waals surface area contributed by atoms with Gasteiger partial charge in [-0.15, -0.1) is 0 Å². The average Bonchev–Trinajstić information content (AvgIpc) is 1.58. The van der Waals surface area contributed by atoms with Crippen LogP contribution in [0.1, 0.15) is 99.2 Å². The number of ether oxygens (including phenoxy) is 5. The van der Waals surface area contributed by atoms with E-state index in [2.05, 4.69) is 31.8 Å². The van der Waals surface area contributed by atoms with Crippen molar-refractivity contribution in [1.82, 2.24) is 26.3 Å². The smallest absolute Gasteiger partial charge is 0.409 e. The Morgan fingerprint density at radius 2 is 1.64 bits per heavy atom. The van der Waals surface area contributed by atoms with Gasteiger partial charge in [-0.1, -0.05) is 66.1 Å². The molecule has 4 aliphatic rings. The number of epoxide rings is 1. The number of benzene rings is 3. The van der Waals surface area contributed by atoms with Crippen LogP contribution in [-0.2, 0) is 85.6 Å². The summed E-state index contributed by atoms with van der Waals surface area (Å²) in [5, 5.41) is 25.3. The van der Waals surface area contributed by atoms with E-state index in [1.54, 1.807) is 55.5 Å². The van der Waals surface area contributed by atoms with Gasteiger partial charge in [0, 0.05) is 70.8 Å². The van der Waals surface area contributed by atoms with Gasteiger partial charge in [0.1, 0.15) is 51.4 Å². The summed E-state index contributed by atoms with van der Waals surface area (Å²) in [7, 11) is -5.59. The summed E-state index contributed by atoms with van der Waals surface area (Å²) in [4.78, 5) is 118. The molecule has 0 aliphatic carbocycles. The number of methoxy groups -OCH3 is 2. The highest BCUT2D eigenvalue weighted by Gasteiger charge is 2.61. The summed E-state index contributed by atoms with van der Waals surface area (Å²) < 4.78 is 97.1. The third kappa shape index (κ3) is 19.1. The number of rotatable bonds is 23. The molecule has 3 aromatic rings. The summed E-state index contributed by atoms with van der Waals surface area (Å²) >= 11 is 6.80. The van der Waals surface area contributed by atoms with E-state index >= 15 is 0 Å². The first kappa shape index (κ1) is 71.0. The number of hydrazone groups is 1. The number of carbonyl (C=O) groups is 9. The molecule has 7 atom stereocenters. The summed E-state index contributed by atoms with van der Waals surface area (Å²) in [6, 6.07) is 10.9. The van der Waals surface area contributed by atoms with Crippen LogP contribution in [0.15, 0.2) is 101 Å². The van der Waals surface area contributed by atoms with E-state index in [-0.39, 0.29) is 55.1 Å². The molecule has 0 radical (unpaired) electrons. The molecule has 3 aromatic carbocycles. The van der Waals surface area contributed by atoms with Crippen molar-refractivity contribution in [3.8, 4) is 5.75 Å². The van der Waals surface area contributed by atoms with Crippen molar-refractivity contribution in [2.24, 2.45) is 5.10 Å². The molecule has 2 saturated heterocycles. The first-order valence-electron chi connectivity index (χ1n) is 28.8. The number of alkyl carbamates (subject to hydrolysis) is 1. The number of allylic oxidation sites excluding steroid dienone is 3. The number of aliphatic hydroxyl groups is 1. The van der Waals surface area contributed by atoms with E-state index in [9.17, 15) is 74.2 Å². The topological polar surface area (TPSA) is 411 Å². The van der Waals surface area contributed by atoms with Gasteiger partial charge in [-0.05, 0) is 87.1 Å². The lowest BCUT2D eigenvalue weighted by Gasteiger charge is -2.40. The number of hydrogen-bond donors (Lipinski definition) is 8. The van der Waals surface area contributed by atoms with Gasteiger partial charge in [0.2, 0.25) is 23.6 Å². The van der Waals surface area contributed by atoms with E-state index < -0.39 is 151 Å². The van der Waals surface area contributed by atoms with Gasteiger partial charge < -0.3 is 49.6 Å². The van der Waals surface area contributed by atoms with Crippen molar-refractivity contribution in [2.45, 2.75) is 132 Å². The van der Waals surface area contributed by atoms with Gasteiger partial charge >= 0.3 is 12.1 Å². The Bertz CT molecular complexity index is 3730. The Morgan fingerprint density at radius 3 is 2.30 bits per heavy atom. The number of fused-ring (bicyclic) bond motifs is 5. The normalized spacial score (nSPS) is 23.2. The van der Waals surface area contributed by atoms with E-state index in [1.165, 1.54) is 33.1 Å². The van der Waals surface area contributed by atoms with E-state index in [0.717, 1.165) is 46.4 Å². The quantitative estimate of drug-likeness (QED) is 0.0128. The van der Waals surface area contributed by atoms with Gasteiger partial charge in [0.05, 0.1) is 43.0 Å². The van der Waals surface area contributed by atoms with Crippen molar-refractivity contribution in [1.29, 1.82) is 0 Å². The first-order valence-corrected chi connectivity index (χ1v) is 32.2. The second-order valence-corrected chi connectivity index (χ2v) is 25.7. The van der Waals surface area contributed by atoms with Gasteiger partial charge in [-0.2, -0.15) is 21.9 Å². The second-order valence-electron chi connectivity index (χ2n) is 22.4. The molecule has 4 heterocycles. The third-order valence-corrected chi connectivity index (χ3v) is 17.5. The molecule has 8 amide bonds. The van der Waals surface area contributed by atoms with Crippen molar-refractivity contribution >= 4 is 102 Å². The van der Waals surface area contributed by atoms with Crippen molar-refractivity contribution in [2.75, 3.05) is 50.3 Å². The molecule has 0 spiro atoms. The lowest BCUT2D eigenvalue weighted by molar-refractivity contribution is -0.153. The minimum atomic E-state index is -5.14. The van der Waals surface area contributed by atoms with Crippen LogP contribution in [0.2, 0.25) is 5.02 Å². The van der Waals surface area contributed by atoms with Crippen LogP contribution in [0, 0.1) is 0 Å². The summed E-state index contributed by atoms with van der Waals surface area (Å²) in [6.45, 7) is 4.71. The molecule has 4 aliphatic heterocycles. The standard InChI is InChI=1S/C60H71ClN8O21S2/c1-34-11-10-12-46(87-6)60(79)32-40(88-58(78)65-60)30-48-59(3,90-48)47(31-53(74)68(4)43-26-37(25-34)27-44(86-5)55(43)61)89-54(75)28-36-14-16-38(17-15-36)35(2)66-67-56(76)41-19-18-39(29-45(41)92(83,84)85)63-50(71)22-23-62-57(77)42(33-91(80,81)82)64-49(70)13-8-7-9-24-69-51(72)20-21-52(69)73/h10-12,14-21,26-27,29,40,42,46-48,79H,7-9,13,22-25,28,30-33H2,1-6H3,(H,62,77)(H,63,71)(H,64,70)(H,65,78)(H,67,76)(H,80,81,82)(H,83,84,85)/b12-10+,34-11+,66-35+/t40-,42?,46-,47+,48?,59?,60+/m1/s1. The van der Waals surface area contributed by atoms with Crippen molar-refractivity contribution in [3.05, 3.63) is 118 Å². The Balaban J connectivity index is 0.955. The number of nitrogens with one attached hydrogen (secondary N) is 5. The van der Waals surface area contributed by atoms with Crippen molar-refractivity contribution < 1.29 is 97.9 Å². The maximum Gasteiger partial charge on any atom is 0.409 e. The van der Waals surface area contributed by atoms with Gasteiger partial charge in [-0.3, -0.25) is 57.7 Å². The molecule has 32 heteroatoms. The minimum Gasteiger partial charge on any atom is -0.495 e. The molecule has 4 bridgehead atoms. The third-order valence-electron chi connectivity index (χ3n) is 15.5. The highest BCUT2D eigenvalue weighted by molar-refractivity contribution is 7.86. The van der Waals surface area contributed by atoms with Gasteiger partial charge in [-0.25, -0.2) is 10.2 Å². The number of carbonyl (C=O) groups excluding carboxylic acids is 9. The Morgan fingerprint density at radius 1 is 0.935 bits per heavy atom. The molecule has 496 valence electrons. The molecule has 29 nitrogen and oxygen atoms in total. The summed E-state index contributed by atoms with van der Waals surface area (Å²) in [6.07, 6.45) is 2.60. The molecule has 2 fully saturated rings. The molecular weight excluding hydrogens is 1270 g/mol. The second kappa shape index (κ2) is 30.3. The lowest BCUT2D eigenvalue weighted by atomic mass is 9.90. The number of nitrogens with zero attached hydrogens (tertiary/aromatic N) is 3. The SMILES string of the molecule is COc1cc2cc(c1Cl)N(C)C(=O)C[C@H](OC(=O)Cc1ccc(/C(C)=N/NC(=O)c3ccc(NC(=O)CCNC(=O)C(CS(=O)(=O)O)NC(=O)CCCCCN4C(=O)C=CC4=O)cc3S(=O)(=O)O)cc1)C1(C)OC1C[C@@H]1C[C@@](O)(NC(=O)O1)[C@H](OC)/C=C/C=C(\C)C2. The predicted octanol–water partition coefficient (Wildman–Crippen LogP) is 3.37. The maximum atomic E-state index is 14.3. The number of halogens is 1. The predicted molar refractivity (Wildman–Crippen MR) is 329 cm³/mol. The maximum absolute atomic E-state index is 14.3. The molecule has 7 rings (SSSR count). The highest BCUT2D eigenvalue weighted by atomic mass is 35.5. The van der Waals surface area contributed by atoms with Crippen LogP contribution in [0.3, 0.4) is 0 Å². The molecular formula is C60H71ClN8O21S2. The summed E-state index contributed by atoms with van der Waals surface area (Å²) in [5.41, 5.74) is 1.25. The van der Waals surface area contributed by atoms with Crippen molar-refractivity contribution in [3.63, 3.8) is 0 Å². The number of amides is 8. The molecule has 8 N–H and O–H groups in total. The average molecular weight is 1340 g/mol.